The van der Waals surface area contributed by atoms with Crippen LogP contribution in [0.4, 0.5) is 0 Å². The normalized spacial score (nSPS) is 12.2. The number of amides is 1. The maximum atomic E-state index is 11.7. The Hall–Kier alpha value is -2.11. The number of hydrogen-bond acceptors (Lipinski definition) is 3. The predicted molar refractivity (Wildman–Crippen MR) is 74.3 cm³/mol. The van der Waals surface area contributed by atoms with Gasteiger partial charge in [-0.1, -0.05) is 19.9 Å². The summed E-state index contributed by atoms with van der Waals surface area (Å²) in [5.41, 5.74) is -0.183. The second-order valence-electron chi connectivity index (χ2n) is 5.07. The zero-order valence-corrected chi connectivity index (χ0v) is 11.7. The Morgan fingerprint density at radius 3 is 2.60 bits per heavy atom. The van der Waals surface area contributed by atoms with E-state index in [1.54, 1.807) is 18.3 Å². The Morgan fingerprint density at radius 1 is 1.35 bits per heavy atom. The molecule has 0 aromatic carbocycles. The van der Waals surface area contributed by atoms with Gasteiger partial charge < -0.3 is 15.0 Å². The first-order valence-electron chi connectivity index (χ1n) is 6.57. The number of carbonyl (C=O) groups is 2. The summed E-state index contributed by atoms with van der Waals surface area (Å²) in [6.45, 7) is 4.02. The first-order chi connectivity index (χ1) is 9.40. The molecule has 0 bridgehead atoms. The third-order valence-corrected chi connectivity index (χ3v) is 2.82. The Bertz CT molecular complexity index is 522. The second kappa shape index (κ2) is 7.47. The molecular weight excluding hydrogens is 260 g/mol. The molecule has 1 atom stereocenters. The van der Waals surface area contributed by atoms with Crippen LogP contribution in [-0.2, 0) is 16.1 Å². The monoisotopic (exact) mass is 280 g/mol. The van der Waals surface area contributed by atoms with Crippen LogP contribution in [0.2, 0.25) is 0 Å². The third kappa shape index (κ3) is 5.26. The Balaban J connectivity index is 2.52. The lowest BCUT2D eigenvalue weighted by Crippen LogP contribution is -2.42. The van der Waals surface area contributed by atoms with Gasteiger partial charge in [0.1, 0.15) is 6.04 Å². The molecule has 6 nitrogen and oxygen atoms in total. The van der Waals surface area contributed by atoms with Crippen LogP contribution in [0.5, 0.6) is 0 Å². The van der Waals surface area contributed by atoms with Crippen molar-refractivity contribution in [3.63, 3.8) is 0 Å². The summed E-state index contributed by atoms with van der Waals surface area (Å²) in [5.74, 6) is -1.23. The van der Waals surface area contributed by atoms with Gasteiger partial charge in [0.25, 0.3) is 5.56 Å². The van der Waals surface area contributed by atoms with E-state index in [0.717, 1.165) is 0 Å². The molecule has 0 saturated carbocycles. The van der Waals surface area contributed by atoms with Gasteiger partial charge in [-0.15, -0.1) is 0 Å². The molecule has 6 heteroatoms. The quantitative estimate of drug-likeness (QED) is 0.775. The predicted octanol–water partition coefficient (Wildman–Crippen LogP) is 0.854. The molecule has 1 heterocycles. The van der Waals surface area contributed by atoms with Crippen molar-refractivity contribution in [2.75, 3.05) is 0 Å². The fraction of sp³-hybridized carbons (Fsp3) is 0.500. The summed E-state index contributed by atoms with van der Waals surface area (Å²) in [5, 5.41) is 11.5. The molecule has 2 N–H and O–H groups in total. The van der Waals surface area contributed by atoms with E-state index in [1.807, 2.05) is 13.8 Å². The maximum Gasteiger partial charge on any atom is 0.326 e. The number of carboxylic acid groups (broad SMARTS) is 1. The fourth-order valence-corrected chi connectivity index (χ4v) is 1.83. The van der Waals surface area contributed by atoms with E-state index >= 15 is 0 Å². The minimum atomic E-state index is -1.04. The summed E-state index contributed by atoms with van der Waals surface area (Å²) in [7, 11) is 0. The van der Waals surface area contributed by atoms with Crippen LogP contribution in [0.25, 0.3) is 0 Å². The van der Waals surface area contributed by atoms with Crippen LogP contribution in [0.3, 0.4) is 0 Å². The van der Waals surface area contributed by atoms with E-state index in [2.05, 4.69) is 5.32 Å². The fourth-order valence-electron chi connectivity index (χ4n) is 1.83. The smallest absolute Gasteiger partial charge is 0.326 e. The zero-order chi connectivity index (χ0) is 15.1. The van der Waals surface area contributed by atoms with Crippen LogP contribution in [-0.4, -0.2) is 27.6 Å². The van der Waals surface area contributed by atoms with Gasteiger partial charge in [-0.2, -0.15) is 0 Å². The second-order valence-corrected chi connectivity index (χ2v) is 5.07. The van der Waals surface area contributed by atoms with Crippen LogP contribution < -0.4 is 10.9 Å². The molecule has 0 unspecified atom stereocenters. The summed E-state index contributed by atoms with van der Waals surface area (Å²) in [6, 6.07) is 3.87. The van der Waals surface area contributed by atoms with E-state index in [9.17, 15) is 14.4 Å². The van der Waals surface area contributed by atoms with Crippen LogP contribution in [0.15, 0.2) is 29.2 Å². The largest absolute Gasteiger partial charge is 0.480 e. The molecule has 1 amide bonds. The van der Waals surface area contributed by atoms with E-state index in [1.165, 1.54) is 10.6 Å². The van der Waals surface area contributed by atoms with Crippen LogP contribution in [0.1, 0.15) is 26.7 Å². The van der Waals surface area contributed by atoms with E-state index in [4.69, 9.17) is 5.11 Å². The average molecular weight is 280 g/mol. The number of aromatic nitrogens is 1. The Kier molecular flexibility index (Phi) is 5.96. The lowest BCUT2D eigenvalue weighted by Gasteiger charge is -2.16. The molecule has 0 aliphatic heterocycles. The number of carbonyl (C=O) groups excluding carboxylic acids is 1. The van der Waals surface area contributed by atoms with Gasteiger partial charge in [-0.3, -0.25) is 9.59 Å². The molecule has 1 aromatic rings. The van der Waals surface area contributed by atoms with Gasteiger partial charge in [0.2, 0.25) is 5.91 Å². The summed E-state index contributed by atoms with van der Waals surface area (Å²) in [6.07, 6.45) is 2.05. The highest BCUT2D eigenvalue weighted by Gasteiger charge is 2.20. The molecule has 110 valence electrons. The SMILES string of the molecule is CC(C)C[C@H](NC(=O)CCn1ccccc1=O)C(=O)O. The number of rotatable bonds is 7. The minimum Gasteiger partial charge on any atom is -0.480 e. The van der Waals surface area contributed by atoms with Crippen molar-refractivity contribution in [2.24, 2.45) is 5.92 Å². The molecule has 20 heavy (non-hydrogen) atoms. The molecule has 0 spiro atoms. The average Bonchev–Trinajstić information content (AvgIpc) is 2.36. The van der Waals surface area contributed by atoms with Crippen molar-refractivity contribution in [2.45, 2.75) is 39.3 Å². The van der Waals surface area contributed by atoms with Crippen molar-refractivity contribution in [1.29, 1.82) is 0 Å². The molecule has 1 rings (SSSR count). The van der Waals surface area contributed by atoms with Crippen molar-refractivity contribution in [1.82, 2.24) is 9.88 Å². The van der Waals surface area contributed by atoms with E-state index in [-0.39, 0.29) is 30.3 Å². The van der Waals surface area contributed by atoms with Gasteiger partial charge in [0, 0.05) is 25.2 Å². The number of carboxylic acids is 1. The summed E-state index contributed by atoms with van der Waals surface area (Å²) in [4.78, 5) is 34.2. The summed E-state index contributed by atoms with van der Waals surface area (Å²) >= 11 is 0. The highest BCUT2D eigenvalue weighted by atomic mass is 16.4. The van der Waals surface area contributed by atoms with Crippen LogP contribution in [0, 0.1) is 5.92 Å². The topological polar surface area (TPSA) is 88.4 Å². The van der Waals surface area contributed by atoms with Crippen LogP contribution >= 0.6 is 0 Å². The van der Waals surface area contributed by atoms with Gasteiger partial charge >= 0.3 is 5.97 Å². The Labute approximate surface area is 117 Å². The lowest BCUT2D eigenvalue weighted by atomic mass is 10.0. The number of nitrogens with one attached hydrogen (secondary N) is 1. The number of aliphatic carboxylic acids is 1. The lowest BCUT2D eigenvalue weighted by molar-refractivity contribution is -0.142. The number of nitrogens with zero attached hydrogens (tertiary/aromatic N) is 1. The molecule has 0 saturated heterocycles. The van der Waals surface area contributed by atoms with Crippen molar-refractivity contribution in [3.05, 3.63) is 34.7 Å². The molecular formula is C14H20N2O4. The zero-order valence-electron chi connectivity index (χ0n) is 11.7. The number of hydrogen-bond donors (Lipinski definition) is 2. The molecule has 0 aliphatic carbocycles. The highest BCUT2D eigenvalue weighted by Crippen LogP contribution is 2.05. The van der Waals surface area contributed by atoms with E-state index in [0.29, 0.717) is 6.42 Å². The number of aryl methyl sites for hydroxylation is 1. The standard InChI is InChI=1S/C14H20N2O4/c1-10(2)9-11(14(19)20)15-12(17)6-8-16-7-4-3-5-13(16)18/h3-5,7,10-11H,6,8-9H2,1-2H3,(H,15,17)(H,19,20)/t11-/m0/s1. The van der Waals surface area contributed by atoms with E-state index < -0.39 is 12.0 Å². The minimum absolute atomic E-state index is 0.0752. The first kappa shape index (κ1) is 15.9. The highest BCUT2D eigenvalue weighted by molar-refractivity contribution is 5.83. The first-order valence-corrected chi connectivity index (χ1v) is 6.57. The Morgan fingerprint density at radius 2 is 2.05 bits per heavy atom. The van der Waals surface area contributed by atoms with Crippen molar-refractivity contribution >= 4 is 11.9 Å². The molecule has 0 fully saturated rings. The van der Waals surface area contributed by atoms with Gasteiger partial charge in [-0.05, 0) is 18.4 Å². The molecule has 0 radical (unpaired) electrons. The van der Waals surface area contributed by atoms with Crippen molar-refractivity contribution < 1.29 is 14.7 Å². The molecule has 0 aliphatic rings. The third-order valence-electron chi connectivity index (χ3n) is 2.82. The number of pyridine rings is 1. The van der Waals surface area contributed by atoms with Gasteiger partial charge in [0.05, 0.1) is 0 Å². The van der Waals surface area contributed by atoms with Gasteiger partial charge in [-0.25, -0.2) is 4.79 Å². The van der Waals surface area contributed by atoms with Gasteiger partial charge in [0.15, 0.2) is 0 Å². The van der Waals surface area contributed by atoms with Crippen molar-refractivity contribution in [3.8, 4) is 0 Å². The molecule has 1 aromatic heterocycles. The summed E-state index contributed by atoms with van der Waals surface area (Å²) < 4.78 is 1.41. The maximum absolute atomic E-state index is 11.7.